The van der Waals surface area contributed by atoms with E-state index in [9.17, 15) is 18.0 Å². The molecule has 0 atom stereocenters. The molecule has 0 saturated carbocycles. The van der Waals surface area contributed by atoms with Crippen molar-refractivity contribution in [2.45, 2.75) is 24.6 Å². The lowest BCUT2D eigenvalue weighted by atomic mass is 9.90. The standard InChI is InChI=1S/C13H22F3N3O2/c1-21-12(2-4-17-5-3-12)11(20)19-8-6-18(7-9-19)10-13(14,15)16/h17H,2-10H2,1H3. The van der Waals surface area contributed by atoms with Crippen LogP contribution in [-0.2, 0) is 9.53 Å². The summed E-state index contributed by atoms with van der Waals surface area (Å²) in [5.41, 5.74) is -0.808. The van der Waals surface area contributed by atoms with Gasteiger partial charge in [-0.05, 0) is 25.9 Å². The van der Waals surface area contributed by atoms with Gasteiger partial charge in [-0.2, -0.15) is 13.2 Å². The van der Waals surface area contributed by atoms with E-state index in [2.05, 4.69) is 5.32 Å². The molecule has 0 radical (unpaired) electrons. The van der Waals surface area contributed by atoms with E-state index in [4.69, 9.17) is 4.74 Å². The zero-order valence-electron chi connectivity index (χ0n) is 12.2. The van der Waals surface area contributed by atoms with E-state index >= 15 is 0 Å². The van der Waals surface area contributed by atoms with Gasteiger partial charge in [-0.3, -0.25) is 9.69 Å². The Morgan fingerprint density at radius 1 is 1.19 bits per heavy atom. The molecule has 1 N–H and O–H groups in total. The molecule has 0 aromatic rings. The Kier molecular flexibility index (Phi) is 5.11. The lowest BCUT2D eigenvalue weighted by molar-refractivity contribution is -0.164. The predicted molar refractivity (Wildman–Crippen MR) is 70.9 cm³/mol. The maximum Gasteiger partial charge on any atom is 0.401 e. The number of nitrogens with zero attached hydrogens (tertiary/aromatic N) is 2. The topological polar surface area (TPSA) is 44.8 Å². The quantitative estimate of drug-likeness (QED) is 0.823. The van der Waals surface area contributed by atoms with Crippen molar-refractivity contribution < 1.29 is 22.7 Å². The zero-order chi connectivity index (χ0) is 15.5. The molecule has 2 rings (SSSR count). The highest BCUT2D eigenvalue weighted by Crippen LogP contribution is 2.26. The first-order valence-corrected chi connectivity index (χ1v) is 7.21. The Bertz CT molecular complexity index is 362. The third kappa shape index (κ3) is 4.08. The molecule has 2 fully saturated rings. The molecule has 0 unspecified atom stereocenters. The number of nitrogens with one attached hydrogen (secondary N) is 1. The van der Waals surface area contributed by atoms with Gasteiger partial charge in [0, 0.05) is 33.3 Å². The van der Waals surface area contributed by atoms with Crippen LogP contribution in [0.25, 0.3) is 0 Å². The number of hydrogen-bond acceptors (Lipinski definition) is 4. The second-order valence-electron chi connectivity index (χ2n) is 5.63. The van der Waals surface area contributed by atoms with Crippen molar-refractivity contribution in [1.82, 2.24) is 15.1 Å². The number of halogens is 3. The first-order valence-electron chi connectivity index (χ1n) is 7.21. The van der Waals surface area contributed by atoms with Gasteiger partial charge in [0.1, 0.15) is 5.60 Å². The number of methoxy groups -OCH3 is 1. The summed E-state index contributed by atoms with van der Waals surface area (Å²) in [4.78, 5) is 15.6. The molecule has 0 aromatic heterocycles. The van der Waals surface area contributed by atoms with E-state index < -0.39 is 18.3 Å². The molecule has 2 saturated heterocycles. The van der Waals surface area contributed by atoms with Crippen LogP contribution in [0.1, 0.15) is 12.8 Å². The van der Waals surface area contributed by atoms with Gasteiger partial charge in [-0.1, -0.05) is 0 Å². The summed E-state index contributed by atoms with van der Waals surface area (Å²) < 4.78 is 42.5. The van der Waals surface area contributed by atoms with Gasteiger partial charge < -0.3 is 15.0 Å². The van der Waals surface area contributed by atoms with Gasteiger partial charge in [-0.15, -0.1) is 0 Å². The van der Waals surface area contributed by atoms with Crippen LogP contribution < -0.4 is 5.32 Å². The highest BCUT2D eigenvalue weighted by molar-refractivity contribution is 5.85. The smallest absolute Gasteiger partial charge is 0.368 e. The molecule has 122 valence electrons. The van der Waals surface area contributed by atoms with E-state index in [1.165, 1.54) is 12.0 Å². The molecular formula is C13H22F3N3O2. The van der Waals surface area contributed by atoms with Crippen molar-refractivity contribution in [3.63, 3.8) is 0 Å². The molecule has 0 spiro atoms. The van der Waals surface area contributed by atoms with Crippen LogP contribution in [0.15, 0.2) is 0 Å². The fourth-order valence-corrected chi connectivity index (χ4v) is 2.99. The van der Waals surface area contributed by atoms with Crippen LogP contribution in [0, 0.1) is 0 Å². The Balaban J connectivity index is 1.90. The number of carbonyl (C=O) groups excluding carboxylic acids is 1. The van der Waals surface area contributed by atoms with Crippen molar-refractivity contribution in [2.75, 3.05) is 52.9 Å². The van der Waals surface area contributed by atoms with Crippen molar-refractivity contribution in [1.29, 1.82) is 0 Å². The second kappa shape index (κ2) is 6.50. The van der Waals surface area contributed by atoms with E-state index in [1.54, 1.807) is 4.90 Å². The third-order valence-electron chi connectivity index (χ3n) is 4.25. The minimum Gasteiger partial charge on any atom is -0.368 e. The zero-order valence-corrected chi connectivity index (χ0v) is 12.2. The number of amides is 1. The van der Waals surface area contributed by atoms with E-state index in [0.717, 1.165) is 0 Å². The van der Waals surface area contributed by atoms with Gasteiger partial charge >= 0.3 is 6.18 Å². The van der Waals surface area contributed by atoms with Crippen LogP contribution in [0.4, 0.5) is 13.2 Å². The van der Waals surface area contributed by atoms with Gasteiger partial charge in [0.15, 0.2) is 0 Å². The molecule has 2 heterocycles. The maximum absolute atomic E-state index is 12.6. The minimum atomic E-state index is -4.19. The number of alkyl halides is 3. The number of hydrogen-bond donors (Lipinski definition) is 1. The average Bonchev–Trinajstić information content (AvgIpc) is 2.46. The molecule has 1 amide bonds. The number of ether oxygens (including phenoxy) is 1. The summed E-state index contributed by atoms with van der Waals surface area (Å²) in [5, 5.41) is 3.18. The number of carbonyl (C=O) groups is 1. The predicted octanol–water partition coefficient (Wildman–Crippen LogP) is 0.462. The lowest BCUT2D eigenvalue weighted by Crippen LogP contribution is -2.59. The Hall–Kier alpha value is -0.860. The molecular weight excluding hydrogens is 287 g/mol. The van der Waals surface area contributed by atoms with Crippen molar-refractivity contribution in [3.8, 4) is 0 Å². The van der Waals surface area contributed by atoms with Gasteiger partial charge in [0.2, 0.25) is 0 Å². The fourth-order valence-electron chi connectivity index (χ4n) is 2.99. The summed E-state index contributed by atoms with van der Waals surface area (Å²) in [5.74, 6) is -0.0850. The fraction of sp³-hybridized carbons (Fsp3) is 0.923. The summed E-state index contributed by atoms with van der Waals surface area (Å²) in [6, 6.07) is 0. The summed E-state index contributed by atoms with van der Waals surface area (Å²) in [7, 11) is 1.53. The Labute approximate surface area is 122 Å². The maximum atomic E-state index is 12.6. The normalized spacial score (nSPS) is 24.1. The highest BCUT2D eigenvalue weighted by atomic mass is 19.4. The monoisotopic (exact) mass is 309 g/mol. The molecule has 5 nitrogen and oxygen atoms in total. The van der Waals surface area contributed by atoms with Crippen molar-refractivity contribution in [3.05, 3.63) is 0 Å². The van der Waals surface area contributed by atoms with E-state index in [-0.39, 0.29) is 19.0 Å². The molecule has 8 heteroatoms. The van der Waals surface area contributed by atoms with Crippen LogP contribution in [0.3, 0.4) is 0 Å². The van der Waals surface area contributed by atoms with Crippen LogP contribution >= 0.6 is 0 Å². The molecule has 0 aromatic carbocycles. The third-order valence-corrected chi connectivity index (χ3v) is 4.25. The average molecular weight is 309 g/mol. The largest absolute Gasteiger partial charge is 0.401 e. The van der Waals surface area contributed by atoms with Crippen LogP contribution in [-0.4, -0.2) is 80.4 Å². The van der Waals surface area contributed by atoms with Crippen molar-refractivity contribution in [2.24, 2.45) is 0 Å². The SMILES string of the molecule is COC1(C(=O)N2CCN(CC(F)(F)F)CC2)CCNCC1. The first kappa shape index (κ1) is 16.5. The van der Waals surface area contributed by atoms with Crippen LogP contribution in [0.5, 0.6) is 0 Å². The molecule has 0 bridgehead atoms. The van der Waals surface area contributed by atoms with Gasteiger partial charge in [-0.25, -0.2) is 0 Å². The minimum absolute atomic E-state index is 0.0850. The van der Waals surface area contributed by atoms with E-state index in [1.807, 2.05) is 0 Å². The summed E-state index contributed by atoms with van der Waals surface area (Å²) in [6.07, 6.45) is -2.98. The highest BCUT2D eigenvalue weighted by Gasteiger charge is 2.43. The van der Waals surface area contributed by atoms with Gasteiger partial charge in [0.25, 0.3) is 5.91 Å². The summed E-state index contributed by atoms with van der Waals surface area (Å²) >= 11 is 0. The molecule has 2 aliphatic heterocycles. The molecule has 21 heavy (non-hydrogen) atoms. The Morgan fingerprint density at radius 2 is 1.76 bits per heavy atom. The lowest BCUT2D eigenvalue weighted by Gasteiger charge is -2.42. The van der Waals surface area contributed by atoms with E-state index in [0.29, 0.717) is 39.0 Å². The number of piperazine rings is 1. The van der Waals surface area contributed by atoms with Gasteiger partial charge in [0.05, 0.1) is 6.54 Å². The Morgan fingerprint density at radius 3 is 2.24 bits per heavy atom. The summed E-state index contributed by atoms with van der Waals surface area (Å²) in [6.45, 7) is 1.68. The first-order chi connectivity index (χ1) is 9.86. The number of piperidine rings is 1. The van der Waals surface area contributed by atoms with Crippen LogP contribution in [0.2, 0.25) is 0 Å². The number of rotatable bonds is 3. The van der Waals surface area contributed by atoms with Crippen molar-refractivity contribution >= 4 is 5.91 Å². The molecule has 2 aliphatic rings. The molecule has 0 aliphatic carbocycles. The second-order valence-corrected chi connectivity index (χ2v) is 5.63.